The van der Waals surface area contributed by atoms with Crippen molar-refractivity contribution in [3.63, 3.8) is 0 Å². The molecule has 1 unspecified atom stereocenters. The number of phosphoric ester groups is 1. The van der Waals surface area contributed by atoms with Gasteiger partial charge in [-0.25, -0.2) is 4.57 Å². The van der Waals surface area contributed by atoms with E-state index in [2.05, 4.69) is 21.3 Å². The fraction of sp³-hybridized carbons (Fsp3) is 0.684. The molecule has 6 amide bonds. The fourth-order valence-corrected chi connectivity index (χ4v) is 6.50. The summed E-state index contributed by atoms with van der Waals surface area (Å²) in [7, 11) is -4.68. The summed E-state index contributed by atoms with van der Waals surface area (Å²) < 4.78 is 28.1. The van der Waals surface area contributed by atoms with Gasteiger partial charge in [0.25, 0.3) is 0 Å². The van der Waals surface area contributed by atoms with Crippen LogP contribution in [0.2, 0.25) is 0 Å². The number of aliphatic hydroxyl groups is 1. The van der Waals surface area contributed by atoms with Gasteiger partial charge in [-0.15, -0.1) is 0 Å². The van der Waals surface area contributed by atoms with Crippen LogP contribution in [-0.4, -0.2) is 120 Å². The summed E-state index contributed by atoms with van der Waals surface area (Å²) in [6, 6.07) is 5.65. The first-order valence-corrected chi connectivity index (χ1v) is 21.0. The number of nitrogens with two attached hydrogens (primary N) is 1. The maximum absolute atomic E-state index is 13.1. The Hall–Kier alpha value is -3.93. The first-order chi connectivity index (χ1) is 26.9. The minimum Gasteiger partial charge on any atom is -0.394 e. The summed E-state index contributed by atoms with van der Waals surface area (Å²) in [6.07, 6.45) is 3.36. The Kier molecular flexibility index (Phi) is 24.8. The molecule has 1 aromatic rings. The van der Waals surface area contributed by atoms with Crippen LogP contribution in [-0.2, 0) is 53.5 Å². The van der Waals surface area contributed by atoms with Gasteiger partial charge in [-0.2, -0.15) is 0 Å². The lowest BCUT2D eigenvalue weighted by Gasteiger charge is -2.26. The van der Waals surface area contributed by atoms with E-state index >= 15 is 0 Å². The van der Waals surface area contributed by atoms with Gasteiger partial charge in [-0.1, -0.05) is 63.9 Å². The third-order valence-electron chi connectivity index (χ3n) is 8.39. The minimum absolute atomic E-state index is 0.0462. The highest BCUT2D eigenvalue weighted by Gasteiger charge is 2.35. The zero-order chi connectivity index (χ0) is 43.0. The number of nitrogens with one attached hydrogen (secondary N) is 4. The molecule has 0 aliphatic rings. The van der Waals surface area contributed by atoms with Crippen LogP contribution in [0, 0.1) is 5.92 Å². The highest BCUT2D eigenvalue weighted by molar-refractivity contribution is 7.47. The van der Waals surface area contributed by atoms with Gasteiger partial charge >= 0.3 is 7.82 Å². The van der Waals surface area contributed by atoms with Gasteiger partial charge in [0, 0.05) is 6.54 Å². The SMILES string of the molecule is CCCN(CC(=O)N[C@@H](CC(C)C)C(=O)NCC(=O)N[C@@H](CO)C(=O)N[C@H](C(N)=O)[C@@H](C)OP(=O)(O)OCCCCCCc1ccccc1)C(=O)CCOC(C)C. The van der Waals surface area contributed by atoms with Crippen molar-refractivity contribution in [2.24, 2.45) is 11.7 Å². The molecule has 0 aromatic heterocycles. The first-order valence-electron chi connectivity index (χ1n) is 19.5. The number of benzene rings is 1. The van der Waals surface area contributed by atoms with Crippen molar-refractivity contribution < 1.29 is 57.1 Å². The smallest absolute Gasteiger partial charge is 0.394 e. The number of unbranched alkanes of at least 4 members (excludes halogenated alkanes) is 3. The van der Waals surface area contributed by atoms with Crippen molar-refractivity contribution in [1.29, 1.82) is 0 Å². The molecule has 19 heteroatoms. The van der Waals surface area contributed by atoms with Crippen molar-refractivity contribution in [2.75, 3.05) is 39.5 Å². The van der Waals surface area contributed by atoms with E-state index in [0.717, 1.165) is 25.7 Å². The van der Waals surface area contributed by atoms with E-state index < -0.39 is 74.7 Å². The zero-order valence-electron chi connectivity index (χ0n) is 34.2. The lowest BCUT2D eigenvalue weighted by Crippen LogP contribution is -2.58. The third kappa shape index (κ3) is 22.6. The molecular weight excluding hydrogens is 763 g/mol. The summed E-state index contributed by atoms with van der Waals surface area (Å²) in [4.78, 5) is 88.3. The summed E-state index contributed by atoms with van der Waals surface area (Å²) in [6.45, 7) is 9.02. The topological polar surface area (TPSA) is 265 Å². The van der Waals surface area contributed by atoms with E-state index in [1.807, 2.05) is 65.0 Å². The summed E-state index contributed by atoms with van der Waals surface area (Å²) in [5.74, 6) is -4.69. The Balaban J connectivity index is 2.67. The van der Waals surface area contributed by atoms with Crippen LogP contribution in [0.25, 0.3) is 0 Å². The van der Waals surface area contributed by atoms with Crippen LogP contribution >= 0.6 is 7.82 Å². The molecule has 1 rings (SSSR count). The average Bonchev–Trinajstić information content (AvgIpc) is 3.13. The molecule has 0 fully saturated rings. The van der Waals surface area contributed by atoms with Crippen molar-refractivity contribution in [3.8, 4) is 0 Å². The normalized spacial score (nSPS) is 14.5. The number of carbonyl (C=O) groups excluding carboxylic acids is 6. The Morgan fingerprint density at radius 1 is 0.860 bits per heavy atom. The molecule has 0 aliphatic carbocycles. The summed E-state index contributed by atoms with van der Waals surface area (Å²) in [5, 5.41) is 19.3. The number of aryl methyl sites for hydroxylation is 1. The number of phosphoric acid groups is 1. The van der Waals surface area contributed by atoms with Gasteiger partial charge < -0.3 is 46.6 Å². The molecule has 0 heterocycles. The highest BCUT2D eigenvalue weighted by atomic mass is 31.2. The van der Waals surface area contributed by atoms with Crippen LogP contribution in [0.3, 0.4) is 0 Å². The second kappa shape index (κ2) is 27.7. The molecule has 324 valence electrons. The predicted octanol–water partition coefficient (Wildman–Crippen LogP) is 1.46. The highest BCUT2D eigenvalue weighted by Crippen LogP contribution is 2.45. The van der Waals surface area contributed by atoms with Crippen molar-refractivity contribution in [2.45, 2.75) is 123 Å². The van der Waals surface area contributed by atoms with Crippen LogP contribution in [0.1, 0.15) is 92.1 Å². The van der Waals surface area contributed by atoms with Gasteiger partial charge in [0.2, 0.25) is 35.4 Å². The first kappa shape index (κ1) is 51.1. The number of carbonyl (C=O) groups is 6. The second-order valence-electron chi connectivity index (χ2n) is 14.4. The quantitative estimate of drug-likeness (QED) is 0.0430. The van der Waals surface area contributed by atoms with Gasteiger partial charge in [-0.05, 0) is 64.4 Å². The number of nitrogens with zero attached hydrogens (tertiary/aromatic N) is 1. The number of ether oxygens (including phenoxy) is 1. The monoisotopic (exact) mass is 828 g/mol. The van der Waals surface area contributed by atoms with Crippen molar-refractivity contribution in [1.82, 2.24) is 26.2 Å². The number of primary amides is 1. The summed E-state index contributed by atoms with van der Waals surface area (Å²) >= 11 is 0. The maximum Gasteiger partial charge on any atom is 0.472 e. The molecule has 0 radical (unpaired) electrons. The molecule has 0 aliphatic heterocycles. The van der Waals surface area contributed by atoms with E-state index in [1.54, 1.807) is 0 Å². The lowest BCUT2D eigenvalue weighted by molar-refractivity contribution is -0.138. The molecular formula is C38H65N6O12P. The molecule has 1 aromatic carbocycles. The Morgan fingerprint density at radius 2 is 1.51 bits per heavy atom. The minimum atomic E-state index is -4.68. The maximum atomic E-state index is 13.1. The molecule has 0 spiro atoms. The van der Waals surface area contributed by atoms with E-state index in [0.29, 0.717) is 19.4 Å². The van der Waals surface area contributed by atoms with E-state index in [-0.39, 0.29) is 50.5 Å². The molecule has 18 nitrogen and oxygen atoms in total. The fourth-order valence-electron chi connectivity index (χ4n) is 5.53. The molecule has 0 bridgehead atoms. The number of hydrogen-bond acceptors (Lipinski definition) is 11. The molecule has 8 N–H and O–H groups in total. The van der Waals surface area contributed by atoms with Crippen LogP contribution in [0.15, 0.2) is 30.3 Å². The summed E-state index contributed by atoms with van der Waals surface area (Å²) in [5.41, 5.74) is 6.65. The number of rotatable bonds is 30. The Morgan fingerprint density at radius 3 is 2.11 bits per heavy atom. The second-order valence-corrected chi connectivity index (χ2v) is 15.8. The third-order valence-corrected chi connectivity index (χ3v) is 9.50. The van der Waals surface area contributed by atoms with Gasteiger partial charge in [-0.3, -0.25) is 37.8 Å². The standard InChI is InChI=1S/C38H65N6O12P/c1-7-19-44(34(48)18-21-54-27(4)5)24-33(47)41-30(22-26(2)3)37(50)40-23-32(46)42-31(25-45)38(51)43-35(36(39)49)28(6)56-57(52,53)55-20-14-9-8-11-15-29-16-12-10-13-17-29/h10,12-13,16-17,26-28,30-31,35,45H,7-9,11,14-15,18-25H2,1-6H3,(H2,39,49)(H,40,50)(H,41,47)(H,42,46)(H,43,51)(H,52,53)/t28-,30+,31+,35+/m1/s1. The van der Waals surface area contributed by atoms with Crippen LogP contribution in [0.5, 0.6) is 0 Å². The van der Waals surface area contributed by atoms with Crippen molar-refractivity contribution >= 4 is 43.3 Å². The van der Waals surface area contributed by atoms with Gasteiger partial charge in [0.1, 0.15) is 18.1 Å². The van der Waals surface area contributed by atoms with E-state index in [1.165, 1.54) is 17.4 Å². The van der Waals surface area contributed by atoms with Crippen molar-refractivity contribution in [3.05, 3.63) is 35.9 Å². The van der Waals surface area contributed by atoms with E-state index in [9.17, 15) is 43.3 Å². The number of amides is 6. The Bertz CT molecular complexity index is 1450. The average molecular weight is 829 g/mol. The van der Waals surface area contributed by atoms with Crippen LogP contribution in [0.4, 0.5) is 0 Å². The predicted molar refractivity (Wildman–Crippen MR) is 212 cm³/mol. The van der Waals surface area contributed by atoms with Gasteiger partial charge in [0.05, 0.1) is 51.5 Å². The largest absolute Gasteiger partial charge is 0.472 e. The zero-order valence-corrected chi connectivity index (χ0v) is 35.1. The lowest BCUT2D eigenvalue weighted by atomic mass is 10.0. The molecule has 57 heavy (non-hydrogen) atoms. The number of hydrogen-bond donors (Lipinski definition) is 7. The van der Waals surface area contributed by atoms with Gasteiger partial charge in [0.15, 0.2) is 0 Å². The molecule has 0 saturated carbocycles. The Labute approximate surface area is 336 Å². The van der Waals surface area contributed by atoms with E-state index in [4.69, 9.17) is 19.5 Å². The number of aliphatic hydroxyl groups excluding tert-OH is 1. The molecule has 5 atom stereocenters. The van der Waals surface area contributed by atoms with Crippen LogP contribution < -0.4 is 27.0 Å². The molecule has 0 saturated heterocycles.